The molecule has 1 aromatic rings. The summed E-state index contributed by atoms with van der Waals surface area (Å²) in [6.07, 6.45) is 7.01. The molecular formula is C15H9NO. The lowest BCUT2D eigenvalue weighted by Crippen LogP contribution is -1.94. The number of nitrogens with zero attached hydrogens (tertiary/aromatic N) is 1. The number of fused-ring (bicyclic) bond motifs is 1. The number of hydrogen-bond donors (Lipinski definition) is 0. The SMILES string of the molecule is C#CC(C#N)=C1/C(=C/C)C(=O)c2ccccc21. The lowest BCUT2D eigenvalue weighted by molar-refractivity contribution is 0.104. The van der Waals surface area contributed by atoms with Crippen molar-refractivity contribution in [3.8, 4) is 18.4 Å². The normalized spacial score (nSPS) is 18.5. The number of hydrogen-bond acceptors (Lipinski definition) is 2. The Labute approximate surface area is 99.9 Å². The number of nitriles is 1. The van der Waals surface area contributed by atoms with Gasteiger partial charge in [-0.2, -0.15) is 5.26 Å². The number of carbonyl (C=O) groups is 1. The molecule has 0 N–H and O–H groups in total. The lowest BCUT2D eigenvalue weighted by atomic mass is 9.99. The lowest BCUT2D eigenvalue weighted by Gasteiger charge is -2.00. The molecule has 2 rings (SSSR count). The van der Waals surface area contributed by atoms with Gasteiger partial charge in [-0.1, -0.05) is 36.3 Å². The first-order valence-corrected chi connectivity index (χ1v) is 5.16. The van der Waals surface area contributed by atoms with Crippen molar-refractivity contribution >= 4 is 11.4 Å². The second-order valence-electron chi connectivity index (χ2n) is 3.58. The van der Waals surface area contributed by atoms with Crippen LogP contribution in [0.5, 0.6) is 0 Å². The third-order valence-electron chi connectivity index (χ3n) is 2.75. The van der Waals surface area contributed by atoms with Gasteiger partial charge in [-0.15, -0.1) is 6.42 Å². The topological polar surface area (TPSA) is 40.9 Å². The highest BCUT2D eigenvalue weighted by molar-refractivity contribution is 6.27. The van der Waals surface area contributed by atoms with Gasteiger partial charge in [0, 0.05) is 16.7 Å². The zero-order valence-electron chi connectivity index (χ0n) is 9.32. The minimum atomic E-state index is -0.0684. The number of benzene rings is 1. The molecule has 0 amide bonds. The van der Waals surface area contributed by atoms with Gasteiger partial charge in [0.1, 0.15) is 11.6 Å². The molecule has 0 saturated heterocycles. The van der Waals surface area contributed by atoms with Crippen molar-refractivity contribution in [2.24, 2.45) is 0 Å². The van der Waals surface area contributed by atoms with Crippen molar-refractivity contribution in [3.05, 3.63) is 52.6 Å². The smallest absolute Gasteiger partial charge is 0.194 e. The molecule has 0 bridgehead atoms. The molecule has 1 aliphatic rings. The van der Waals surface area contributed by atoms with Crippen molar-refractivity contribution in [2.75, 3.05) is 0 Å². The van der Waals surface area contributed by atoms with E-state index in [2.05, 4.69) is 5.92 Å². The first kappa shape index (κ1) is 10.9. The van der Waals surface area contributed by atoms with Gasteiger partial charge in [-0.05, 0) is 12.5 Å². The summed E-state index contributed by atoms with van der Waals surface area (Å²) in [5.41, 5.74) is 2.66. The Bertz CT molecular complexity index is 632. The van der Waals surface area contributed by atoms with Crippen LogP contribution in [0.1, 0.15) is 22.8 Å². The van der Waals surface area contributed by atoms with Crippen LogP contribution in [0.4, 0.5) is 0 Å². The number of ketones is 1. The highest BCUT2D eigenvalue weighted by Gasteiger charge is 2.30. The quantitative estimate of drug-likeness (QED) is 0.382. The van der Waals surface area contributed by atoms with Crippen molar-refractivity contribution in [2.45, 2.75) is 6.92 Å². The van der Waals surface area contributed by atoms with E-state index in [1.54, 1.807) is 25.1 Å². The molecule has 0 saturated carbocycles. The Balaban J connectivity index is 2.87. The van der Waals surface area contributed by atoms with Crippen molar-refractivity contribution in [1.29, 1.82) is 5.26 Å². The van der Waals surface area contributed by atoms with E-state index in [-0.39, 0.29) is 11.4 Å². The second-order valence-corrected chi connectivity index (χ2v) is 3.58. The fourth-order valence-electron chi connectivity index (χ4n) is 2.01. The molecule has 0 aromatic heterocycles. The number of carbonyl (C=O) groups excluding carboxylic acids is 1. The Kier molecular flexibility index (Phi) is 2.65. The maximum Gasteiger partial charge on any atom is 0.194 e. The minimum absolute atomic E-state index is 0.0684. The Morgan fingerprint density at radius 2 is 2.00 bits per heavy atom. The first-order valence-electron chi connectivity index (χ1n) is 5.16. The number of allylic oxidation sites excluding steroid dienone is 4. The van der Waals surface area contributed by atoms with E-state index < -0.39 is 0 Å². The monoisotopic (exact) mass is 219 g/mol. The molecule has 0 aliphatic heterocycles. The summed E-state index contributed by atoms with van der Waals surface area (Å²) in [6.45, 7) is 1.77. The number of rotatable bonds is 0. The standard InChI is InChI=1S/C15H9NO/c1-3-10(9-16)14-11(4-2)15(17)13-8-6-5-7-12(13)14/h1,4-8H,2H3/b11-4-,14-10?. The summed E-state index contributed by atoms with van der Waals surface area (Å²) in [4.78, 5) is 12.1. The van der Waals surface area contributed by atoms with Gasteiger partial charge in [0.2, 0.25) is 0 Å². The summed E-state index contributed by atoms with van der Waals surface area (Å²) >= 11 is 0. The third kappa shape index (κ3) is 1.48. The van der Waals surface area contributed by atoms with Gasteiger partial charge in [0.15, 0.2) is 5.78 Å². The molecule has 17 heavy (non-hydrogen) atoms. The van der Waals surface area contributed by atoms with Crippen molar-refractivity contribution < 1.29 is 4.79 Å². The van der Waals surface area contributed by atoms with Crippen LogP contribution in [0, 0.1) is 23.7 Å². The predicted molar refractivity (Wildman–Crippen MR) is 65.9 cm³/mol. The van der Waals surface area contributed by atoms with E-state index in [0.29, 0.717) is 16.7 Å². The van der Waals surface area contributed by atoms with E-state index in [9.17, 15) is 4.79 Å². The Hall–Kier alpha value is -2.58. The molecule has 0 fully saturated rings. The molecule has 2 heteroatoms. The van der Waals surface area contributed by atoms with Gasteiger partial charge in [0.25, 0.3) is 0 Å². The zero-order valence-corrected chi connectivity index (χ0v) is 9.32. The molecule has 0 spiro atoms. The van der Waals surface area contributed by atoms with E-state index >= 15 is 0 Å². The van der Waals surface area contributed by atoms with Gasteiger partial charge >= 0.3 is 0 Å². The fourth-order valence-corrected chi connectivity index (χ4v) is 2.01. The van der Waals surface area contributed by atoms with Gasteiger partial charge < -0.3 is 0 Å². The van der Waals surface area contributed by atoms with Gasteiger partial charge in [-0.25, -0.2) is 0 Å². The van der Waals surface area contributed by atoms with Crippen LogP contribution in [-0.2, 0) is 0 Å². The Morgan fingerprint density at radius 1 is 1.35 bits per heavy atom. The molecule has 1 aliphatic carbocycles. The van der Waals surface area contributed by atoms with Crippen LogP contribution in [0.3, 0.4) is 0 Å². The highest BCUT2D eigenvalue weighted by atomic mass is 16.1. The second kappa shape index (κ2) is 4.12. The summed E-state index contributed by atoms with van der Waals surface area (Å²) in [5.74, 6) is 2.28. The highest BCUT2D eigenvalue weighted by Crippen LogP contribution is 2.38. The summed E-state index contributed by atoms with van der Waals surface area (Å²) in [5, 5.41) is 9.02. The Morgan fingerprint density at radius 3 is 2.53 bits per heavy atom. The molecular weight excluding hydrogens is 210 g/mol. The first-order chi connectivity index (χ1) is 8.24. The van der Waals surface area contributed by atoms with E-state index in [1.165, 1.54) is 0 Å². The van der Waals surface area contributed by atoms with E-state index in [4.69, 9.17) is 11.7 Å². The van der Waals surface area contributed by atoms with E-state index in [1.807, 2.05) is 18.2 Å². The predicted octanol–water partition coefficient (Wildman–Crippen LogP) is 2.74. The third-order valence-corrected chi connectivity index (χ3v) is 2.75. The summed E-state index contributed by atoms with van der Waals surface area (Å²) in [6, 6.07) is 9.16. The average molecular weight is 219 g/mol. The largest absolute Gasteiger partial charge is 0.289 e. The minimum Gasteiger partial charge on any atom is -0.289 e. The fraction of sp³-hybridized carbons (Fsp3) is 0.0667. The van der Waals surface area contributed by atoms with Gasteiger partial charge in [0.05, 0.1) is 0 Å². The van der Waals surface area contributed by atoms with Crippen LogP contribution in [0.15, 0.2) is 41.5 Å². The number of Topliss-reactive ketones (excluding diaryl/α,β-unsaturated/α-hetero) is 1. The summed E-state index contributed by atoms with van der Waals surface area (Å²) in [7, 11) is 0. The van der Waals surface area contributed by atoms with Gasteiger partial charge in [-0.3, -0.25) is 4.79 Å². The molecule has 0 unspecified atom stereocenters. The van der Waals surface area contributed by atoms with Crippen LogP contribution in [-0.4, -0.2) is 5.78 Å². The average Bonchev–Trinajstić information content (AvgIpc) is 2.65. The maximum absolute atomic E-state index is 12.1. The molecule has 0 atom stereocenters. The van der Waals surface area contributed by atoms with Crippen LogP contribution in [0.2, 0.25) is 0 Å². The van der Waals surface area contributed by atoms with E-state index in [0.717, 1.165) is 5.56 Å². The maximum atomic E-state index is 12.1. The summed E-state index contributed by atoms with van der Waals surface area (Å²) < 4.78 is 0. The van der Waals surface area contributed by atoms with Crippen LogP contribution in [0.25, 0.3) is 5.57 Å². The van der Waals surface area contributed by atoms with Crippen LogP contribution < -0.4 is 0 Å². The van der Waals surface area contributed by atoms with Crippen molar-refractivity contribution in [1.82, 2.24) is 0 Å². The number of terminal acetylenes is 1. The molecule has 1 aromatic carbocycles. The molecule has 0 heterocycles. The van der Waals surface area contributed by atoms with Crippen LogP contribution >= 0.6 is 0 Å². The molecule has 0 radical (unpaired) electrons. The zero-order chi connectivity index (χ0) is 12.4. The molecule has 2 nitrogen and oxygen atoms in total. The molecule has 80 valence electrons. The van der Waals surface area contributed by atoms with Crippen molar-refractivity contribution in [3.63, 3.8) is 0 Å².